The summed E-state index contributed by atoms with van der Waals surface area (Å²) < 4.78 is 147. The van der Waals surface area contributed by atoms with Crippen molar-refractivity contribution in [2.45, 2.75) is 5.41 Å². The minimum absolute atomic E-state index is 0.0416. The Morgan fingerprint density at radius 2 is 1.08 bits per heavy atom. The van der Waals surface area contributed by atoms with Gasteiger partial charge in [0.1, 0.15) is 11.5 Å². The van der Waals surface area contributed by atoms with Crippen LogP contribution in [0.25, 0.3) is 42.4 Å². The van der Waals surface area contributed by atoms with Crippen LogP contribution in [0, 0.1) is 0 Å². The maximum Gasteiger partial charge on any atom is 0.252 e. The largest absolute Gasteiger partial charge is 0.457 e. The molecular formula is C61H37BN2OS. The van der Waals surface area contributed by atoms with Crippen LogP contribution in [-0.2, 0) is 5.41 Å². The van der Waals surface area contributed by atoms with Gasteiger partial charge in [0.2, 0.25) is 0 Å². The molecule has 0 saturated heterocycles. The summed E-state index contributed by atoms with van der Waals surface area (Å²) in [6, 6.07) is 34.0. The molecule has 0 amide bonds. The van der Waals surface area contributed by atoms with Crippen molar-refractivity contribution in [3.05, 3.63) is 246 Å². The first-order valence-electron chi connectivity index (χ1n) is 29.1. The van der Waals surface area contributed by atoms with E-state index in [0.29, 0.717) is 44.8 Å². The standard InChI is InChI=1S/C61H37BN2OS/c1-4-18-38(19-5-1)39-34-52-59-53(35-39)64(41-22-8-3-9-23-41)60-49(62(59)50-37-57-44(42-24-11-17-31-56(42)66-57)36-51(50)63(52)40-20-6-2-7-21-40)33-32-48-58(60)43-25-10-12-26-45(43)61(48)46-27-13-15-29-54(46)65-55-30-16-14-28-47(55)61/h1-37H/i1D,2D,3D,4D,5D,6D,7D,8D,9D,18D,19D,20D,21D,22D,23D. The summed E-state index contributed by atoms with van der Waals surface area (Å²) in [6.07, 6.45) is 0. The molecule has 0 fully saturated rings. The van der Waals surface area contributed by atoms with Crippen LogP contribution in [0.2, 0.25) is 0 Å². The van der Waals surface area contributed by atoms with E-state index in [-0.39, 0.29) is 33.9 Å². The quantitative estimate of drug-likeness (QED) is 0.165. The lowest BCUT2D eigenvalue weighted by atomic mass is 9.33. The van der Waals surface area contributed by atoms with Crippen LogP contribution in [0.1, 0.15) is 42.8 Å². The molecule has 306 valence electrons. The molecule has 0 bridgehead atoms. The predicted octanol–water partition coefficient (Wildman–Crippen LogP) is 14.3. The van der Waals surface area contributed by atoms with Crippen molar-refractivity contribution < 1.29 is 25.3 Å². The lowest BCUT2D eigenvalue weighted by Crippen LogP contribution is -2.61. The average molecular weight is 872 g/mol. The Hall–Kier alpha value is -8.12. The molecular weight excluding hydrogens is 820 g/mol. The van der Waals surface area contributed by atoms with Crippen molar-refractivity contribution in [3.63, 3.8) is 0 Å². The number of fused-ring (bicyclic) bond motifs is 17. The number of nitrogens with zero attached hydrogens (tertiary/aromatic N) is 2. The highest BCUT2D eigenvalue weighted by Gasteiger charge is 2.54. The molecule has 66 heavy (non-hydrogen) atoms. The molecule has 0 radical (unpaired) electrons. The van der Waals surface area contributed by atoms with E-state index in [1.54, 1.807) is 33.3 Å². The Bertz CT molecular complexity index is 4620. The van der Waals surface area contributed by atoms with Crippen molar-refractivity contribution in [2.75, 3.05) is 9.80 Å². The summed E-state index contributed by atoms with van der Waals surface area (Å²) in [7, 11) is 0. The minimum Gasteiger partial charge on any atom is -0.457 e. The smallest absolute Gasteiger partial charge is 0.252 e. The number of para-hydroxylation sites is 4. The summed E-state index contributed by atoms with van der Waals surface area (Å²) in [6.45, 7) is -0.825. The van der Waals surface area contributed by atoms with E-state index in [1.165, 1.54) is 0 Å². The third-order valence-corrected chi connectivity index (χ3v) is 14.9. The summed E-state index contributed by atoms with van der Waals surface area (Å²) in [5.74, 6) is 1.25. The first-order valence-corrected chi connectivity index (χ1v) is 22.4. The SMILES string of the molecule is [2H]c1c([2H])c([2H])c(-c2cc3c4c(c2)N(c2c([2H])c([2H])c([2H])c([2H])c2[2H])c2c(ccc5c2-c2ccccc2C52c5ccccc5Oc5ccccc52)B4c2cc4sc5ccccc5c4cc2N3c2c([2H])c([2H])c([2H])c([2H])c2[2H])c([2H])c1[2H]. The van der Waals surface area contributed by atoms with E-state index >= 15 is 0 Å². The molecule has 10 aromatic carbocycles. The summed E-state index contributed by atoms with van der Waals surface area (Å²) in [5, 5.41) is 1.73. The van der Waals surface area contributed by atoms with E-state index < -0.39 is 103 Å². The Morgan fingerprint density at radius 1 is 0.470 bits per heavy atom. The third kappa shape index (κ3) is 4.72. The zero-order valence-electron chi connectivity index (χ0n) is 49.5. The van der Waals surface area contributed by atoms with Gasteiger partial charge < -0.3 is 14.5 Å². The lowest BCUT2D eigenvalue weighted by Gasteiger charge is -2.45. The monoisotopic (exact) mass is 871 g/mol. The highest BCUT2D eigenvalue weighted by molar-refractivity contribution is 7.26. The van der Waals surface area contributed by atoms with E-state index in [2.05, 4.69) is 18.2 Å². The van der Waals surface area contributed by atoms with E-state index in [0.717, 1.165) is 48.0 Å². The van der Waals surface area contributed by atoms with Crippen LogP contribution < -0.4 is 30.9 Å². The molecule has 0 unspecified atom stereocenters. The van der Waals surface area contributed by atoms with Crippen LogP contribution in [0.4, 0.5) is 34.1 Å². The van der Waals surface area contributed by atoms with Crippen LogP contribution in [0.3, 0.4) is 0 Å². The summed E-state index contributed by atoms with van der Waals surface area (Å²) in [5.41, 5.74) is 6.04. The van der Waals surface area contributed by atoms with Crippen molar-refractivity contribution in [3.8, 4) is 33.8 Å². The van der Waals surface area contributed by atoms with Gasteiger partial charge in [0.25, 0.3) is 6.71 Å². The van der Waals surface area contributed by atoms with Gasteiger partial charge in [-0.25, -0.2) is 0 Å². The van der Waals surface area contributed by atoms with Crippen molar-refractivity contribution in [2.24, 2.45) is 0 Å². The van der Waals surface area contributed by atoms with Crippen LogP contribution >= 0.6 is 11.3 Å². The molecule has 11 aromatic rings. The lowest BCUT2D eigenvalue weighted by molar-refractivity contribution is 0.436. The van der Waals surface area contributed by atoms with Gasteiger partial charge in [-0.3, -0.25) is 0 Å². The molecule has 1 aromatic heterocycles. The first-order chi connectivity index (χ1) is 39.0. The normalized spacial score (nSPS) is 17.4. The zero-order chi connectivity index (χ0) is 56.1. The fraction of sp³-hybridized carbons (Fsp3) is 0.0164. The number of rotatable bonds is 3. The molecule has 0 saturated carbocycles. The fourth-order valence-corrected chi connectivity index (χ4v) is 12.5. The van der Waals surface area contributed by atoms with E-state index in [1.807, 2.05) is 103 Å². The summed E-state index contributed by atoms with van der Waals surface area (Å²) >= 11 is 1.57. The predicted molar refractivity (Wildman–Crippen MR) is 276 cm³/mol. The highest BCUT2D eigenvalue weighted by Crippen LogP contribution is 2.64. The second-order valence-corrected chi connectivity index (χ2v) is 17.9. The molecule has 0 atom stereocenters. The minimum atomic E-state index is -1.05. The topological polar surface area (TPSA) is 15.7 Å². The van der Waals surface area contributed by atoms with Crippen LogP contribution in [-0.4, -0.2) is 6.71 Å². The van der Waals surface area contributed by atoms with Crippen molar-refractivity contribution in [1.29, 1.82) is 0 Å². The molecule has 3 aliphatic heterocycles. The number of hydrogen-bond acceptors (Lipinski definition) is 4. The average Bonchev–Trinajstić information content (AvgIpc) is 2.86. The molecule has 4 aliphatic rings. The first kappa shape index (κ1) is 24.8. The Morgan fingerprint density at radius 3 is 1.80 bits per heavy atom. The highest BCUT2D eigenvalue weighted by atomic mass is 32.1. The van der Waals surface area contributed by atoms with Crippen LogP contribution in [0.15, 0.2) is 224 Å². The van der Waals surface area contributed by atoms with E-state index in [4.69, 9.17) is 14.3 Å². The molecule has 0 N–H and O–H groups in total. The number of benzene rings is 10. The Balaban J connectivity index is 1.19. The second-order valence-electron chi connectivity index (χ2n) is 16.8. The van der Waals surface area contributed by atoms with E-state index in [9.17, 15) is 11.0 Å². The number of hydrogen-bond donors (Lipinski definition) is 0. The zero-order valence-corrected chi connectivity index (χ0v) is 35.3. The van der Waals surface area contributed by atoms with Gasteiger partial charge in [-0.05, 0) is 111 Å². The third-order valence-electron chi connectivity index (χ3n) is 13.7. The molecule has 3 nitrogen and oxygen atoms in total. The number of ether oxygens (including phenoxy) is 1. The molecule has 1 spiro atoms. The molecule has 15 rings (SSSR count). The maximum atomic E-state index is 9.89. The van der Waals surface area contributed by atoms with Gasteiger partial charge in [0, 0.05) is 71.0 Å². The van der Waals surface area contributed by atoms with Crippen LogP contribution in [0.5, 0.6) is 11.5 Å². The number of thiophene rings is 1. The van der Waals surface area contributed by atoms with Crippen molar-refractivity contribution in [1.82, 2.24) is 0 Å². The maximum absolute atomic E-state index is 9.89. The second kappa shape index (κ2) is 13.5. The Kier molecular flexibility index (Phi) is 5.06. The Labute approximate surface area is 408 Å². The van der Waals surface area contributed by atoms with Gasteiger partial charge in [-0.15, -0.1) is 11.3 Å². The summed E-state index contributed by atoms with van der Waals surface area (Å²) in [4.78, 5) is 3.24. The van der Waals surface area contributed by atoms with Gasteiger partial charge >= 0.3 is 0 Å². The molecule has 4 heterocycles. The van der Waals surface area contributed by atoms with Gasteiger partial charge in [0.05, 0.1) is 26.0 Å². The van der Waals surface area contributed by atoms with Gasteiger partial charge in [-0.2, -0.15) is 0 Å². The van der Waals surface area contributed by atoms with Gasteiger partial charge in [0.15, 0.2) is 0 Å². The number of anilines is 6. The van der Waals surface area contributed by atoms with Gasteiger partial charge in [-0.1, -0.05) is 157 Å². The molecule has 1 aliphatic carbocycles. The molecule has 5 heteroatoms. The fourth-order valence-electron chi connectivity index (χ4n) is 11.4. The van der Waals surface area contributed by atoms with Crippen molar-refractivity contribution >= 4 is 88.7 Å².